The molecule has 2 rings (SSSR count). The molecule has 0 aromatic heterocycles. The summed E-state index contributed by atoms with van der Waals surface area (Å²) in [4.78, 5) is 2.45. The van der Waals surface area contributed by atoms with Crippen LogP contribution >= 0.6 is 0 Å². The molecule has 1 fully saturated rings. The van der Waals surface area contributed by atoms with Gasteiger partial charge >= 0.3 is 0 Å². The zero-order chi connectivity index (χ0) is 14.0. The van der Waals surface area contributed by atoms with Crippen molar-refractivity contribution in [2.45, 2.75) is 18.9 Å². The normalized spacial score (nSPS) is 17.2. The standard InChI is InChI=1S/C16H25N2O2/c19-15(14-20-16-7-2-1-3-8-16)13-17-9-6-12-18-10-4-5-11-18/h1-4,7-8,15,17,19H,5-6,9-14H2. The monoisotopic (exact) mass is 277 g/mol. The molecule has 0 aliphatic carbocycles. The fourth-order valence-electron chi connectivity index (χ4n) is 2.31. The van der Waals surface area contributed by atoms with Crippen LogP contribution in [0.2, 0.25) is 0 Å². The van der Waals surface area contributed by atoms with Gasteiger partial charge in [0.1, 0.15) is 18.5 Å². The first-order valence-corrected chi connectivity index (χ1v) is 7.45. The molecule has 0 saturated carbocycles. The van der Waals surface area contributed by atoms with Crippen LogP contribution in [0.4, 0.5) is 0 Å². The lowest BCUT2D eigenvalue weighted by molar-refractivity contribution is 0.106. The topological polar surface area (TPSA) is 44.7 Å². The minimum atomic E-state index is -0.463. The molecule has 1 saturated heterocycles. The van der Waals surface area contributed by atoms with Crippen LogP contribution in [-0.2, 0) is 0 Å². The number of hydrogen-bond acceptors (Lipinski definition) is 4. The number of likely N-dealkylation sites (tertiary alicyclic amines) is 1. The summed E-state index contributed by atoms with van der Waals surface area (Å²) in [5, 5.41) is 13.1. The van der Waals surface area contributed by atoms with E-state index in [-0.39, 0.29) is 0 Å². The Bertz CT molecular complexity index is 353. The van der Waals surface area contributed by atoms with Crippen molar-refractivity contribution in [2.75, 3.05) is 39.3 Å². The number of benzene rings is 1. The Morgan fingerprint density at radius 2 is 2.15 bits per heavy atom. The minimum absolute atomic E-state index is 0.331. The number of ether oxygens (including phenoxy) is 1. The predicted octanol–water partition coefficient (Wildman–Crippen LogP) is 1.32. The number of nitrogens with one attached hydrogen (secondary N) is 1. The molecule has 2 N–H and O–H groups in total. The van der Waals surface area contributed by atoms with Crippen molar-refractivity contribution in [1.29, 1.82) is 0 Å². The minimum Gasteiger partial charge on any atom is -0.491 e. The molecule has 1 aliphatic heterocycles. The lowest BCUT2D eigenvalue weighted by atomic mass is 10.3. The second-order valence-corrected chi connectivity index (χ2v) is 5.21. The first-order valence-electron chi connectivity index (χ1n) is 7.45. The predicted molar refractivity (Wildman–Crippen MR) is 80.8 cm³/mol. The first kappa shape index (κ1) is 15.3. The largest absolute Gasteiger partial charge is 0.491 e. The Kier molecular flexibility index (Phi) is 6.84. The van der Waals surface area contributed by atoms with Crippen molar-refractivity contribution in [2.24, 2.45) is 0 Å². The molecular weight excluding hydrogens is 252 g/mol. The van der Waals surface area contributed by atoms with Gasteiger partial charge in [-0.1, -0.05) is 18.2 Å². The van der Waals surface area contributed by atoms with E-state index in [0.29, 0.717) is 13.2 Å². The Labute approximate surface area is 121 Å². The number of hydrogen-bond donors (Lipinski definition) is 2. The van der Waals surface area contributed by atoms with Crippen LogP contribution in [0.3, 0.4) is 0 Å². The van der Waals surface area contributed by atoms with Gasteiger partial charge in [-0.05, 0) is 51.0 Å². The number of rotatable bonds is 9. The highest BCUT2D eigenvalue weighted by Crippen LogP contribution is 2.08. The maximum absolute atomic E-state index is 9.82. The first-order chi connectivity index (χ1) is 9.84. The van der Waals surface area contributed by atoms with E-state index in [1.807, 2.05) is 30.3 Å². The molecule has 1 atom stereocenters. The molecular formula is C16H25N2O2. The highest BCUT2D eigenvalue weighted by molar-refractivity contribution is 5.20. The highest BCUT2D eigenvalue weighted by Gasteiger charge is 2.10. The number of aliphatic hydroxyl groups excluding tert-OH is 1. The van der Waals surface area contributed by atoms with E-state index in [1.165, 1.54) is 13.0 Å². The van der Waals surface area contributed by atoms with Crippen molar-refractivity contribution in [3.8, 4) is 5.75 Å². The number of para-hydroxylation sites is 1. The molecule has 1 heterocycles. The fourth-order valence-corrected chi connectivity index (χ4v) is 2.31. The molecule has 111 valence electrons. The number of nitrogens with zero attached hydrogens (tertiary/aromatic N) is 1. The van der Waals surface area contributed by atoms with Crippen LogP contribution in [0, 0.1) is 6.42 Å². The highest BCUT2D eigenvalue weighted by atomic mass is 16.5. The molecule has 1 unspecified atom stereocenters. The van der Waals surface area contributed by atoms with Gasteiger partial charge in [0.2, 0.25) is 0 Å². The molecule has 4 nitrogen and oxygen atoms in total. The Hall–Kier alpha value is -1.10. The van der Waals surface area contributed by atoms with Crippen LogP contribution < -0.4 is 10.1 Å². The Morgan fingerprint density at radius 3 is 2.90 bits per heavy atom. The molecule has 1 aromatic rings. The Balaban J connectivity index is 1.46. The van der Waals surface area contributed by atoms with Crippen molar-refractivity contribution in [3.63, 3.8) is 0 Å². The van der Waals surface area contributed by atoms with Crippen LogP contribution in [0.15, 0.2) is 30.3 Å². The van der Waals surface area contributed by atoms with Crippen LogP contribution in [-0.4, -0.2) is 55.4 Å². The van der Waals surface area contributed by atoms with Crippen molar-refractivity contribution >= 4 is 0 Å². The maximum atomic E-state index is 9.82. The van der Waals surface area contributed by atoms with E-state index in [1.54, 1.807) is 0 Å². The van der Waals surface area contributed by atoms with Gasteiger partial charge in [0.05, 0.1) is 0 Å². The second kappa shape index (κ2) is 8.95. The molecule has 0 amide bonds. The van der Waals surface area contributed by atoms with Crippen molar-refractivity contribution in [3.05, 3.63) is 36.8 Å². The van der Waals surface area contributed by atoms with Gasteiger partial charge in [-0.3, -0.25) is 0 Å². The molecule has 4 heteroatoms. The molecule has 0 spiro atoms. The van der Waals surface area contributed by atoms with Crippen molar-refractivity contribution in [1.82, 2.24) is 10.2 Å². The smallest absolute Gasteiger partial charge is 0.119 e. The summed E-state index contributed by atoms with van der Waals surface area (Å²) >= 11 is 0. The van der Waals surface area contributed by atoms with E-state index in [2.05, 4.69) is 16.6 Å². The summed E-state index contributed by atoms with van der Waals surface area (Å²) in [7, 11) is 0. The summed E-state index contributed by atoms with van der Waals surface area (Å²) in [6, 6.07) is 9.59. The van der Waals surface area contributed by atoms with Gasteiger partial charge in [0.25, 0.3) is 0 Å². The summed E-state index contributed by atoms with van der Waals surface area (Å²) in [6.45, 7) is 5.33. The third-order valence-electron chi connectivity index (χ3n) is 3.43. The zero-order valence-corrected chi connectivity index (χ0v) is 12.0. The number of aliphatic hydroxyl groups is 1. The quantitative estimate of drug-likeness (QED) is 0.668. The Morgan fingerprint density at radius 1 is 1.30 bits per heavy atom. The van der Waals surface area contributed by atoms with E-state index in [4.69, 9.17) is 4.74 Å². The van der Waals surface area contributed by atoms with Gasteiger partial charge < -0.3 is 20.1 Å². The van der Waals surface area contributed by atoms with Gasteiger partial charge in [-0.15, -0.1) is 0 Å². The fraction of sp³-hybridized carbons (Fsp3) is 0.562. The average Bonchev–Trinajstić information content (AvgIpc) is 2.99. The van der Waals surface area contributed by atoms with Gasteiger partial charge in [0, 0.05) is 13.1 Å². The second-order valence-electron chi connectivity index (χ2n) is 5.21. The van der Waals surface area contributed by atoms with Crippen LogP contribution in [0.5, 0.6) is 5.75 Å². The van der Waals surface area contributed by atoms with E-state index in [9.17, 15) is 5.11 Å². The summed E-state index contributed by atoms with van der Waals surface area (Å²) in [5.74, 6) is 0.803. The third-order valence-corrected chi connectivity index (χ3v) is 3.43. The summed E-state index contributed by atoms with van der Waals surface area (Å²) < 4.78 is 5.50. The average molecular weight is 277 g/mol. The van der Waals surface area contributed by atoms with Gasteiger partial charge in [-0.2, -0.15) is 0 Å². The van der Waals surface area contributed by atoms with Gasteiger partial charge in [-0.25, -0.2) is 0 Å². The molecule has 1 radical (unpaired) electrons. The van der Waals surface area contributed by atoms with E-state index < -0.39 is 6.10 Å². The van der Waals surface area contributed by atoms with Crippen LogP contribution in [0.1, 0.15) is 12.8 Å². The maximum Gasteiger partial charge on any atom is 0.119 e. The SMILES string of the molecule is OC(CNCCCN1C[CH]CC1)COc1ccccc1. The molecule has 20 heavy (non-hydrogen) atoms. The zero-order valence-electron chi connectivity index (χ0n) is 12.0. The third kappa shape index (κ3) is 5.90. The molecule has 1 aromatic carbocycles. The van der Waals surface area contributed by atoms with E-state index >= 15 is 0 Å². The summed E-state index contributed by atoms with van der Waals surface area (Å²) in [5.41, 5.74) is 0. The van der Waals surface area contributed by atoms with E-state index in [0.717, 1.165) is 31.8 Å². The summed E-state index contributed by atoms with van der Waals surface area (Å²) in [6.07, 6.45) is 4.22. The molecule has 0 bridgehead atoms. The van der Waals surface area contributed by atoms with Crippen LogP contribution in [0.25, 0.3) is 0 Å². The van der Waals surface area contributed by atoms with Crippen molar-refractivity contribution < 1.29 is 9.84 Å². The lowest BCUT2D eigenvalue weighted by Crippen LogP contribution is -2.33. The molecule has 1 aliphatic rings. The lowest BCUT2D eigenvalue weighted by Gasteiger charge is -2.16. The van der Waals surface area contributed by atoms with Gasteiger partial charge in [0.15, 0.2) is 0 Å².